The molecule has 1 aromatic heterocycles. The summed E-state index contributed by atoms with van der Waals surface area (Å²) in [7, 11) is 2.11. The highest BCUT2D eigenvalue weighted by Gasteiger charge is 2.18. The molecule has 0 spiro atoms. The third kappa shape index (κ3) is 3.79. The SMILES string of the molecule is CN1CCC(COc2ccc(-c3ccc(C=O)o3)cc2F)CC1. The number of piperidine rings is 1. The van der Waals surface area contributed by atoms with Crippen LogP contribution in [0.3, 0.4) is 0 Å². The molecular weight excluding hydrogens is 297 g/mol. The molecule has 0 radical (unpaired) electrons. The molecule has 122 valence electrons. The molecule has 1 saturated heterocycles. The van der Waals surface area contributed by atoms with Gasteiger partial charge >= 0.3 is 0 Å². The van der Waals surface area contributed by atoms with Crippen molar-refractivity contribution in [1.82, 2.24) is 4.90 Å². The minimum Gasteiger partial charge on any atom is -0.490 e. The first-order valence-corrected chi connectivity index (χ1v) is 7.82. The summed E-state index contributed by atoms with van der Waals surface area (Å²) in [6.45, 7) is 2.67. The van der Waals surface area contributed by atoms with Gasteiger partial charge in [0.05, 0.1) is 6.61 Å². The van der Waals surface area contributed by atoms with Crippen LogP contribution in [0, 0.1) is 11.7 Å². The fraction of sp³-hybridized carbons (Fsp3) is 0.389. The standard InChI is InChI=1S/C18H20FNO3/c1-20-8-6-13(7-9-20)12-22-18-4-2-14(10-16(18)19)17-5-3-15(11-21)23-17/h2-5,10-11,13H,6-9,12H2,1H3. The smallest absolute Gasteiger partial charge is 0.185 e. The highest BCUT2D eigenvalue weighted by atomic mass is 19.1. The van der Waals surface area contributed by atoms with E-state index in [-0.39, 0.29) is 11.5 Å². The van der Waals surface area contributed by atoms with Gasteiger partial charge in [-0.3, -0.25) is 4.79 Å². The van der Waals surface area contributed by atoms with Crippen molar-refractivity contribution in [1.29, 1.82) is 0 Å². The summed E-state index contributed by atoms with van der Waals surface area (Å²) >= 11 is 0. The summed E-state index contributed by atoms with van der Waals surface area (Å²) in [5.74, 6) is 1.01. The van der Waals surface area contributed by atoms with Gasteiger partial charge in [0.15, 0.2) is 23.6 Å². The van der Waals surface area contributed by atoms with Crippen molar-refractivity contribution >= 4 is 6.29 Å². The second kappa shape index (κ2) is 6.96. The van der Waals surface area contributed by atoms with E-state index in [0.717, 1.165) is 25.9 Å². The van der Waals surface area contributed by atoms with Crippen LogP contribution in [0.2, 0.25) is 0 Å². The van der Waals surface area contributed by atoms with Crippen molar-refractivity contribution in [3.63, 3.8) is 0 Å². The molecule has 2 aromatic rings. The van der Waals surface area contributed by atoms with Crippen molar-refractivity contribution in [2.45, 2.75) is 12.8 Å². The summed E-state index contributed by atoms with van der Waals surface area (Å²) in [5, 5.41) is 0. The number of ether oxygens (including phenoxy) is 1. The Morgan fingerprint density at radius 2 is 2.09 bits per heavy atom. The van der Waals surface area contributed by atoms with E-state index in [1.807, 2.05) is 0 Å². The number of benzene rings is 1. The first-order chi connectivity index (χ1) is 11.2. The van der Waals surface area contributed by atoms with Crippen LogP contribution >= 0.6 is 0 Å². The lowest BCUT2D eigenvalue weighted by Crippen LogP contribution is -2.32. The van der Waals surface area contributed by atoms with E-state index in [0.29, 0.717) is 30.1 Å². The highest BCUT2D eigenvalue weighted by molar-refractivity contribution is 5.72. The van der Waals surface area contributed by atoms with E-state index in [1.165, 1.54) is 6.07 Å². The average Bonchev–Trinajstić information content (AvgIpc) is 3.04. The number of rotatable bonds is 5. The Morgan fingerprint density at radius 1 is 1.30 bits per heavy atom. The van der Waals surface area contributed by atoms with Crippen molar-refractivity contribution in [3.8, 4) is 17.1 Å². The van der Waals surface area contributed by atoms with Gasteiger partial charge in [-0.25, -0.2) is 4.39 Å². The summed E-state index contributed by atoms with van der Waals surface area (Å²) in [6, 6.07) is 7.93. The molecule has 0 bridgehead atoms. The predicted octanol–water partition coefficient (Wildman–Crippen LogP) is 3.62. The van der Waals surface area contributed by atoms with Crippen molar-refractivity contribution in [2.24, 2.45) is 5.92 Å². The number of carbonyl (C=O) groups excluding carboxylic acids is 1. The third-order valence-electron chi connectivity index (χ3n) is 4.27. The van der Waals surface area contributed by atoms with Crippen LogP contribution in [0.15, 0.2) is 34.7 Å². The normalized spacial score (nSPS) is 16.4. The number of furan rings is 1. The zero-order chi connectivity index (χ0) is 16.2. The van der Waals surface area contributed by atoms with Crippen LogP contribution < -0.4 is 4.74 Å². The second-order valence-corrected chi connectivity index (χ2v) is 6.02. The van der Waals surface area contributed by atoms with Gasteiger partial charge in [-0.15, -0.1) is 0 Å². The molecular formula is C18H20FNO3. The van der Waals surface area contributed by atoms with Gasteiger partial charge in [0.25, 0.3) is 0 Å². The summed E-state index contributed by atoms with van der Waals surface area (Å²) in [6.07, 6.45) is 2.78. The molecule has 4 nitrogen and oxygen atoms in total. The molecule has 2 heterocycles. The zero-order valence-electron chi connectivity index (χ0n) is 13.1. The van der Waals surface area contributed by atoms with Gasteiger partial charge in [-0.1, -0.05) is 0 Å². The summed E-state index contributed by atoms with van der Waals surface area (Å²) in [4.78, 5) is 12.9. The van der Waals surface area contributed by atoms with E-state index in [4.69, 9.17) is 9.15 Å². The first kappa shape index (κ1) is 15.7. The molecule has 0 atom stereocenters. The maximum absolute atomic E-state index is 14.2. The van der Waals surface area contributed by atoms with Gasteiger partial charge < -0.3 is 14.1 Å². The molecule has 1 fully saturated rings. The fourth-order valence-electron chi connectivity index (χ4n) is 2.78. The van der Waals surface area contributed by atoms with Crippen LogP contribution in [0.5, 0.6) is 5.75 Å². The highest BCUT2D eigenvalue weighted by Crippen LogP contribution is 2.27. The lowest BCUT2D eigenvalue weighted by Gasteiger charge is -2.28. The lowest BCUT2D eigenvalue weighted by atomic mass is 9.98. The van der Waals surface area contributed by atoms with Gasteiger partial charge in [0.2, 0.25) is 0 Å². The van der Waals surface area contributed by atoms with E-state index in [1.54, 1.807) is 24.3 Å². The third-order valence-corrected chi connectivity index (χ3v) is 4.27. The number of halogens is 1. The second-order valence-electron chi connectivity index (χ2n) is 6.02. The Kier molecular flexibility index (Phi) is 4.76. The number of hydrogen-bond acceptors (Lipinski definition) is 4. The Balaban J connectivity index is 1.64. The predicted molar refractivity (Wildman–Crippen MR) is 85.2 cm³/mol. The van der Waals surface area contributed by atoms with Gasteiger partial charge in [0, 0.05) is 5.56 Å². The average molecular weight is 317 g/mol. The van der Waals surface area contributed by atoms with Crippen molar-refractivity contribution in [3.05, 3.63) is 41.9 Å². The number of hydrogen-bond donors (Lipinski definition) is 0. The molecule has 23 heavy (non-hydrogen) atoms. The quantitative estimate of drug-likeness (QED) is 0.790. The number of likely N-dealkylation sites (tertiary alicyclic amines) is 1. The minimum atomic E-state index is -0.417. The molecule has 1 aliphatic rings. The molecule has 0 aliphatic carbocycles. The van der Waals surface area contributed by atoms with Crippen LogP contribution in [0.25, 0.3) is 11.3 Å². The van der Waals surface area contributed by atoms with Crippen molar-refractivity contribution in [2.75, 3.05) is 26.7 Å². The van der Waals surface area contributed by atoms with E-state index < -0.39 is 5.82 Å². The Labute approximate surface area is 134 Å². The number of carbonyl (C=O) groups is 1. The molecule has 0 amide bonds. The van der Waals surface area contributed by atoms with Crippen molar-refractivity contribution < 1.29 is 18.3 Å². The van der Waals surface area contributed by atoms with E-state index in [2.05, 4.69) is 11.9 Å². The summed E-state index contributed by atoms with van der Waals surface area (Å²) in [5.41, 5.74) is 0.585. The Morgan fingerprint density at radius 3 is 2.74 bits per heavy atom. The number of aldehydes is 1. The topological polar surface area (TPSA) is 42.7 Å². The molecule has 0 saturated carbocycles. The monoisotopic (exact) mass is 317 g/mol. The van der Waals surface area contributed by atoms with Gasteiger partial charge in [-0.05, 0) is 69.2 Å². The lowest BCUT2D eigenvalue weighted by molar-refractivity contribution is 0.110. The molecule has 1 aromatic carbocycles. The maximum Gasteiger partial charge on any atom is 0.185 e. The minimum absolute atomic E-state index is 0.225. The number of nitrogens with zero attached hydrogens (tertiary/aromatic N) is 1. The fourth-order valence-corrected chi connectivity index (χ4v) is 2.78. The van der Waals surface area contributed by atoms with Gasteiger partial charge in [0.1, 0.15) is 5.76 Å². The molecule has 0 N–H and O–H groups in total. The Bertz CT molecular complexity index is 675. The first-order valence-electron chi connectivity index (χ1n) is 7.82. The largest absolute Gasteiger partial charge is 0.490 e. The van der Waals surface area contributed by atoms with Gasteiger partial charge in [-0.2, -0.15) is 0 Å². The molecule has 3 rings (SSSR count). The summed E-state index contributed by atoms with van der Waals surface area (Å²) < 4.78 is 25.1. The maximum atomic E-state index is 14.2. The van der Waals surface area contributed by atoms with E-state index >= 15 is 0 Å². The molecule has 5 heteroatoms. The van der Waals surface area contributed by atoms with E-state index in [9.17, 15) is 9.18 Å². The van der Waals surface area contributed by atoms with Crippen LogP contribution in [0.1, 0.15) is 23.4 Å². The zero-order valence-corrected chi connectivity index (χ0v) is 13.1. The molecule has 0 unspecified atom stereocenters. The Hall–Kier alpha value is -2.14. The van der Waals surface area contributed by atoms with Crippen LogP contribution in [-0.4, -0.2) is 37.9 Å². The van der Waals surface area contributed by atoms with Crippen LogP contribution in [0.4, 0.5) is 4.39 Å². The molecule has 1 aliphatic heterocycles. The van der Waals surface area contributed by atoms with Crippen LogP contribution in [-0.2, 0) is 0 Å².